The summed E-state index contributed by atoms with van der Waals surface area (Å²) >= 11 is 0. The van der Waals surface area contributed by atoms with Gasteiger partial charge in [-0.3, -0.25) is 5.84 Å². The third kappa shape index (κ3) is 13.9. The third-order valence-electron chi connectivity index (χ3n) is 3.01. The average molecular weight is 229 g/mol. The Balaban J connectivity index is 2.83. The summed E-state index contributed by atoms with van der Waals surface area (Å²) in [5.41, 5.74) is 5.36. The van der Waals surface area contributed by atoms with Crippen LogP contribution in [0.5, 0.6) is 0 Å². The molecule has 0 spiro atoms. The highest BCUT2D eigenvalue weighted by Gasteiger charge is 1.92. The Bertz CT molecular complexity index is 104. The predicted octanol–water partition coefficient (Wildman–Crippen LogP) is 3.27. The fraction of sp³-hybridized carbons (Fsp3) is 1.00. The van der Waals surface area contributed by atoms with Crippen LogP contribution in [0, 0.1) is 0 Å². The Morgan fingerprint density at radius 1 is 0.688 bits per heavy atom. The summed E-state index contributed by atoms with van der Waals surface area (Å²) < 4.78 is 0. The van der Waals surface area contributed by atoms with Crippen LogP contribution in [0.4, 0.5) is 0 Å². The van der Waals surface area contributed by atoms with Crippen molar-refractivity contribution >= 4 is 0 Å². The first-order valence-electron chi connectivity index (χ1n) is 7.10. The van der Waals surface area contributed by atoms with E-state index >= 15 is 0 Å². The predicted molar refractivity (Wildman–Crippen MR) is 71.8 cm³/mol. The van der Waals surface area contributed by atoms with Gasteiger partial charge in [-0.2, -0.15) is 5.53 Å². The van der Waals surface area contributed by atoms with Crippen molar-refractivity contribution in [2.45, 2.75) is 77.6 Å². The van der Waals surface area contributed by atoms with Crippen LogP contribution in [0.2, 0.25) is 0 Å². The molecule has 3 nitrogen and oxygen atoms in total. The molecule has 0 bridgehead atoms. The van der Waals surface area contributed by atoms with Crippen molar-refractivity contribution in [3.63, 3.8) is 0 Å². The van der Waals surface area contributed by atoms with Crippen LogP contribution in [0.15, 0.2) is 0 Å². The van der Waals surface area contributed by atoms with Gasteiger partial charge in [-0.25, -0.2) is 5.43 Å². The van der Waals surface area contributed by atoms with Crippen molar-refractivity contribution < 1.29 is 0 Å². The van der Waals surface area contributed by atoms with Gasteiger partial charge in [0.05, 0.1) is 0 Å². The van der Waals surface area contributed by atoms with Crippen LogP contribution in [0.1, 0.15) is 77.6 Å². The molecule has 0 aromatic rings. The molecular weight excluding hydrogens is 198 g/mol. The quantitative estimate of drug-likeness (QED) is 0.258. The molecule has 0 saturated carbocycles. The summed E-state index contributed by atoms with van der Waals surface area (Å²) in [6, 6.07) is 0. The Morgan fingerprint density at radius 3 is 1.56 bits per heavy atom. The topological polar surface area (TPSA) is 50.1 Å². The molecule has 16 heavy (non-hydrogen) atoms. The van der Waals surface area contributed by atoms with Crippen molar-refractivity contribution in [2.75, 3.05) is 6.54 Å². The minimum absolute atomic E-state index is 0.980. The van der Waals surface area contributed by atoms with Crippen molar-refractivity contribution in [3.05, 3.63) is 0 Å². The van der Waals surface area contributed by atoms with Crippen molar-refractivity contribution in [3.8, 4) is 0 Å². The zero-order valence-corrected chi connectivity index (χ0v) is 11.1. The maximum Gasteiger partial charge on any atom is 0.0113 e. The number of hydrazine groups is 2. The van der Waals surface area contributed by atoms with Crippen molar-refractivity contribution in [1.82, 2.24) is 11.0 Å². The van der Waals surface area contributed by atoms with Crippen LogP contribution in [-0.2, 0) is 0 Å². The van der Waals surface area contributed by atoms with Gasteiger partial charge >= 0.3 is 0 Å². The molecule has 98 valence electrons. The van der Waals surface area contributed by atoms with Crippen molar-refractivity contribution in [1.29, 1.82) is 0 Å². The van der Waals surface area contributed by atoms with E-state index in [0.717, 1.165) is 6.54 Å². The van der Waals surface area contributed by atoms with E-state index in [1.54, 1.807) is 0 Å². The summed E-state index contributed by atoms with van der Waals surface area (Å²) in [7, 11) is 0. The van der Waals surface area contributed by atoms with Crippen LogP contribution >= 0.6 is 0 Å². The second kappa shape index (κ2) is 14.9. The number of hydrogen-bond acceptors (Lipinski definition) is 3. The van der Waals surface area contributed by atoms with E-state index in [2.05, 4.69) is 17.9 Å². The molecule has 0 fully saturated rings. The van der Waals surface area contributed by atoms with E-state index in [0.29, 0.717) is 0 Å². The molecule has 0 aliphatic carbocycles. The SMILES string of the molecule is CCCCCCCCCCCCCNNN. The molecule has 0 aromatic carbocycles. The van der Waals surface area contributed by atoms with E-state index in [9.17, 15) is 0 Å². The van der Waals surface area contributed by atoms with Gasteiger partial charge in [-0.15, -0.1) is 0 Å². The average Bonchev–Trinajstić information content (AvgIpc) is 2.31. The lowest BCUT2D eigenvalue weighted by molar-refractivity contribution is 0.506. The Morgan fingerprint density at radius 2 is 1.12 bits per heavy atom. The molecule has 0 radical (unpaired) electrons. The largest absolute Gasteiger partial charge is 0.258 e. The molecule has 3 heteroatoms. The summed E-state index contributed by atoms with van der Waals surface area (Å²) in [4.78, 5) is 0. The lowest BCUT2D eigenvalue weighted by Gasteiger charge is -2.03. The molecular formula is C13H31N3. The van der Waals surface area contributed by atoms with E-state index < -0.39 is 0 Å². The number of unbranched alkanes of at least 4 members (excludes halogenated alkanes) is 10. The molecule has 0 unspecified atom stereocenters. The fourth-order valence-corrected chi connectivity index (χ4v) is 1.95. The Kier molecular flexibility index (Phi) is 14.8. The van der Waals surface area contributed by atoms with Gasteiger partial charge in [-0.1, -0.05) is 71.1 Å². The molecule has 0 aliphatic rings. The normalized spacial score (nSPS) is 10.9. The maximum absolute atomic E-state index is 5.10. The van der Waals surface area contributed by atoms with E-state index in [1.165, 1.54) is 70.6 Å². The fourth-order valence-electron chi connectivity index (χ4n) is 1.95. The highest BCUT2D eigenvalue weighted by Crippen LogP contribution is 2.10. The van der Waals surface area contributed by atoms with Crippen molar-refractivity contribution in [2.24, 2.45) is 5.84 Å². The molecule has 0 saturated heterocycles. The molecule has 4 N–H and O–H groups in total. The summed E-state index contributed by atoms with van der Waals surface area (Å²) in [6.45, 7) is 3.25. The van der Waals surface area contributed by atoms with Crippen LogP contribution in [0.25, 0.3) is 0 Å². The summed E-state index contributed by atoms with van der Waals surface area (Å²) in [5, 5.41) is 0. The third-order valence-corrected chi connectivity index (χ3v) is 3.01. The van der Waals surface area contributed by atoms with Gasteiger partial charge in [0.15, 0.2) is 0 Å². The first kappa shape index (κ1) is 15.9. The minimum Gasteiger partial charge on any atom is -0.258 e. The van der Waals surface area contributed by atoms with Crippen LogP contribution in [0.3, 0.4) is 0 Å². The molecule has 0 rings (SSSR count). The van der Waals surface area contributed by atoms with Gasteiger partial charge in [0, 0.05) is 6.54 Å². The van der Waals surface area contributed by atoms with Gasteiger partial charge in [0.1, 0.15) is 0 Å². The number of hydrogen-bond donors (Lipinski definition) is 3. The summed E-state index contributed by atoms with van der Waals surface area (Å²) in [6.07, 6.45) is 15.3. The molecule has 0 aliphatic heterocycles. The van der Waals surface area contributed by atoms with Crippen LogP contribution in [-0.4, -0.2) is 6.54 Å². The standard InChI is InChI=1S/C13H31N3/c1-2-3-4-5-6-7-8-9-10-11-12-13-15-16-14/h15-16H,2-14H2,1H3. The smallest absolute Gasteiger partial charge is 0.0113 e. The number of rotatable bonds is 13. The van der Waals surface area contributed by atoms with Gasteiger partial charge in [0.25, 0.3) is 0 Å². The first-order valence-corrected chi connectivity index (χ1v) is 7.10. The van der Waals surface area contributed by atoms with Gasteiger partial charge < -0.3 is 0 Å². The van der Waals surface area contributed by atoms with Crippen LogP contribution < -0.4 is 16.8 Å². The molecule has 0 amide bonds. The first-order chi connectivity index (χ1) is 7.91. The van der Waals surface area contributed by atoms with E-state index in [-0.39, 0.29) is 0 Å². The lowest BCUT2D eigenvalue weighted by Crippen LogP contribution is -2.38. The maximum atomic E-state index is 5.10. The highest BCUT2D eigenvalue weighted by molar-refractivity contribution is 4.48. The zero-order chi connectivity index (χ0) is 11.9. The molecule has 0 heterocycles. The zero-order valence-electron chi connectivity index (χ0n) is 11.1. The van der Waals surface area contributed by atoms with Gasteiger partial charge in [-0.05, 0) is 6.42 Å². The van der Waals surface area contributed by atoms with Gasteiger partial charge in [0.2, 0.25) is 0 Å². The lowest BCUT2D eigenvalue weighted by atomic mass is 10.1. The minimum atomic E-state index is 0.980. The van der Waals surface area contributed by atoms with E-state index in [4.69, 9.17) is 5.84 Å². The number of nitrogens with one attached hydrogen (secondary N) is 2. The van der Waals surface area contributed by atoms with E-state index in [1.807, 2.05) is 0 Å². The Hall–Kier alpha value is -0.120. The second-order valence-electron chi connectivity index (χ2n) is 4.61. The second-order valence-corrected chi connectivity index (χ2v) is 4.61. The summed E-state index contributed by atoms with van der Waals surface area (Å²) in [5.74, 6) is 5.10. The molecule has 0 aromatic heterocycles. The molecule has 0 atom stereocenters. The Labute approximate surface area is 101 Å². The number of nitrogens with two attached hydrogens (primary N) is 1. The highest BCUT2D eigenvalue weighted by atomic mass is 15.5. The monoisotopic (exact) mass is 229 g/mol.